The van der Waals surface area contributed by atoms with Gasteiger partial charge in [-0.25, -0.2) is 0 Å². The Labute approximate surface area is 246 Å². The van der Waals surface area contributed by atoms with Gasteiger partial charge in [0.2, 0.25) is 11.9 Å². The first-order chi connectivity index (χ1) is 20.5. The molecule has 0 spiro atoms. The van der Waals surface area contributed by atoms with Crippen LogP contribution in [-0.2, 0) is 33.9 Å². The van der Waals surface area contributed by atoms with E-state index in [-0.39, 0.29) is 18.6 Å². The number of methoxy groups -OCH3 is 1. The fourth-order valence-corrected chi connectivity index (χ4v) is 4.41. The molecule has 0 aliphatic rings. The zero-order valence-electron chi connectivity index (χ0n) is 23.6. The van der Waals surface area contributed by atoms with E-state index >= 15 is 0 Å². The Balaban J connectivity index is 1.48. The molecule has 0 heterocycles. The smallest absolute Gasteiger partial charge is 0.497 e. The molecule has 215 valence electrons. The second-order valence-corrected chi connectivity index (χ2v) is 9.82. The number of rotatable bonds is 15. The third-order valence-corrected chi connectivity index (χ3v) is 6.76. The first kappa shape index (κ1) is 30.2. The summed E-state index contributed by atoms with van der Waals surface area (Å²) in [4.78, 5) is 45.6. The molecule has 0 saturated carbocycles. The Morgan fingerprint density at radius 3 is 1.93 bits per heavy atom. The van der Waals surface area contributed by atoms with Crippen LogP contribution in [0.15, 0.2) is 115 Å². The van der Waals surface area contributed by atoms with Crippen LogP contribution in [0.1, 0.15) is 33.5 Å². The van der Waals surface area contributed by atoms with E-state index in [1.54, 1.807) is 31.4 Å². The van der Waals surface area contributed by atoms with E-state index in [4.69, 9.17) is 9.57 Å². The molecule has 0 aromatic heterocycles. The van der Waals surface area contributed by atoms with Crippen molar-refractivity contribution < 1.29 is 29.4 Å². The summed E-state index contributed by atoms with van der Waals surface area (Å²) in [7, 11) is 1.56. The maximum atomic E-state index is 13.7. The number of carbonyl (C=O) groups excluding carboxylic acids is 3. The number of hydrogen-bond acceptors (Lipinski definition) is 6. The molecule has 0 saturated heterocycles. The molecule has 8 nitrogen and oxygen atoms in total. The lowest BCUT2D eigenvalue weighted by Crippen LogP contribution is -2.83. The van der Waals surface area contributed by atoms with Gasteiger partial charge in [0, 0.05) is 30.5 Å². The van der Waals surface area contributed by atoms with Gasteiger partial charge in [0.15, 0.2) is 12.3 Å². The van der Waals surface area contributed by atoms with E-state index < -0.39 is 24.0 Å². The number of nitrogens with two attached hydrogens (primary N) is 1. The van der Waals surface area contributed by atoms with Crippen LogP contribution in [0.2, 0.25) is 0 Å². The summed E-state index contributed by atoms with van der Waals surface area (Å²) in [6.07, 6.45) is 0.140. The normalized spacial score (nSPS) is 12.1. The summed E-state index contributed by atoms with van der Waals surface area (Å²) < 4.78 is 5.19. The first-order valence-corrected chi connectivity index (χ1v) is 13.9. The van der Waals surface area contributed by atoms with Gasteiger partial charge in [-0.2, -0.15) is 0 Å². The van der Waals surface area contributed by atoms with Crippen molar-refractivity contribution in [2.75, 3.05) is 7.11 Å². The molecule has 1 radical (unpaired) electrons. The van der Waals surface area contributed by atoms with Crippen LogP contribution in [0.4, 0.5) is 0 Å². The maximum Gasteiger partial charge on any atom is 0.660 e. The van der Waals surface area contributed by atoms with Gasteiger partial charge >= 0.3 is 5.97 Å². The van der Waals surface area contributed by atoms with Gasteiger partial charge in [-0.05, 0) is 35.4 Å². The van der Waals surface area contributed by atoms with Crippen LogP contribution in [-0.4, -0.2) is 36.9 Å². The number of hydroxylamine groups is 1. The number of quaternary nitrogens is 1. The van der Waals surface area contributed by atoms with Crippen LogP contribution in [0.25, 0.3) is 0 Å². The summed E-state index contributed by atoms with van der Waals surface area (Å²) in [6, 6.07) is 33.6. The van der Waals surface area contributed by atoms with E-state index in [1.807, 2.05) is 91.0 Å². The third kappa shape index (κ3) is 9.40. The average molecular weight is 567 g/mol. The standard InChI is InChI=1S/C34H35N3O5/c1-41-29-19-17-28(18-20-29)32(38)22-30(35-23-26-13-7-3-8-14-26)33(39)37-31(21-25-11-5-2-6-12-25)34(40)42-36-24-27-15-9-4-10-16-27/h2-20,30-31,35-36H,21-24H2,1H3,(H,37,39)/q+1/p+1/t30-,31-/m0/s1. The summed E-state index contributed by atoms with van der Waals surface area (Å²) in [5.74, 6) is -0.619. The molecule has 4 N–H and O–H groups in total. The lowest BCUT2D eigenvalue weighted by molar-refractivity contribution is -0.885. The predicted octanol–water partition coefficient (Wildman–Crippen LogP) is 3.38. The molecular formula is C34H36N3O5+2. The molecular weight excluding hydrogens is 530 g/mol. The second-order valence-electron chi connectivity index (χ2n) is 9.82. The number of carbonyl (C=O) groups is 3. The molecule has 0 bridgehead atoms. The van der Waals surface area contributed by atoms with Crippen molar-refractivity contribution >= 4 is 17.7 Å². The van der Waals surface area contributed by atoms with Crippen molar-refractivity contribution in [2.45, 2.75) is 38.0 Å². The molecule has 0 unspecified atom stereocenters. The number of hydrogen-bond donors (Lipinski definition) is 3. The molecule has 0 aliphatic carbocycles. The van der Waals surface area contributed by atoms with E-state index in [9.17, 15) is 14.4 Å². The zero-order valence-corrected chi connectivity index (χ0v) is 23.6. The second kappa shape index (κ2) is 15.9. The highest BCUT2D eigenvalue weighted by atomic mass is 16.7. The van der Waals surface area contributed by atoms with E-state index in [2.05, 4.69) is 10.6 Å². The highest BCUT2D eigenvalue weighted by Crippen LogP contribution is 2.14. The lowest BCUT2D eigenvalue weighted by atomic mass is 10.0. The Morgan fingerprint density at radius 1 is 0.762 bits per heavy atom. The van der Waals surface area contributed by atoms with Crippen molar-refractivity contribution in [3.63, 3.8) is 0 Å². The Hall–Kier alpha value is -4.79. The number of amides is 1. The van der Waals surface area contributed by atoms with Crippen LogP contribution in [0.5, 0.6) is 5.75 Å². The minimum atomic E-state index is -0.955. The van der Waals surface area contributed by atoms with E-state index in [1.165, 1.54) is 5.48 Å². The number of nitrogens with one attached hydrogen (secondary N) is 2. The van der Waals surface area contributed by atoms with Crippen molar-refractivity contribution in [3.8, 4) is 5.75 Å². The molecule has 2 atom stereocenters. The summed E-state index contributed by atoms with van der Waals surface area (Å²) in [5.41, 5.74) is 4.73. The fraction of sp³-hybridized carbons (Fsp3) is 0.206. The van der Waals surface area contributed by atoms with Crippen molar-refractivity contribution in [1.82, 2.24) is 10.6 Å². The molecule has 8 heteroatoms. The van der Waals surface area contributed by atoms with Gasteiger partial charge in [0.05, 0.1) is 17.9 Å². The minimum Gasteiger partial charge on any atom is -0.497 e. The number of Topliss-reactive ketones (excluding diaryl/α,β-unsaturated/α-hetero) is 1. The summed E-state index contributed by atoms with van der Waals surface area (Å²) in [6.45, 7) is 0.809. The topological polar surface area (TPSA) is 113 Å². The SMILES string of the molecule is COc1ccc(C(=O)C[C@H](NCc2ccccc2)C(=O)N[C@@H](Cc2ccccc2)C(=[O+])O[NH2+]Cc2ccccc2)cc1. The maximum absolute atomic E-state index is 13.7. The van der Waals surface area contributed by atoms with Gasteiger partial charge in [-0.1, -0.05) is 101 Å². The van der Waals surface area contributed by atoms with Crippen molar-refractivity contribution in [1.29, 1.82) is 0 Å². The first-order valence-electron chi connectivity index (χ1n) is 13.9. The van der Waals surface area contributed by atoms with Crippen molar-refractivity contribution in [2.24, 2.45) is 0 Å². The Bertz CT molecular complexity index is 1410. The molecule has 4 aromatic carbocycles. The molecule has 0 fully saturated rings. The van der Waals surface area contributed by atoms with Crippen LogP contribution in [0, 0.1) is 0 Å². The molecule has 4 aromatic rings. The van der Waals surface area contributed by atoms with E-state index in [0.717, 1.165) is 16.7 Å². The fourth-order valence-electron chi connectivity index (χ4n) is 4.41. The van der Waals surface area contributed by atoms with E-state index in [0.29, 0.717) is 24.4 Å². The number of ether oxygens (including phenoxy) is 1. The van der Waals surface area contributed by atoms with Gasteiger partial charge in [0.1, 0.15) is 5.75 Å². The number of ketones is 1. The van der Waals surface area contributed by atoms with Gasteiger partial charge in [0.25, 0.3) is 0 Å². The highest BCUT2D eigenvalue weighted by molar-refractivity contribution is 6.00. The monoisotopic (exact) mass is 566 g/mol. The van der Waals surface area contributed by atoms with Gasteiger partial charge < -0.3 is 15.4 Å². The molecule has 42 heavy (non-hydrogen) atoms. The summed E-state index contributed by atoms with van der Waals surface area (Å²) in [5, 5.41) is 6.07. The van der Waals surface area contributed by atoms with Crippen LogP contribution in [0.3, 0.4) is 0 Å². The van der Waals surface area contributed by atoms with Crippen LogP contribution >= 0.6 is 0 Å². The van der Waals surface area contributed by atoms with Gasteiger partial charge in [-0.3, -0.25) is 9.59 Å². The molecule has 0 aliphatic heterocycles. The summed E-state index contributed by atoms with van der Waals surface area (Å²) >= 11 is 0. The van der Waals surface area contributed by atoms with Crippen LogP contribution < -0.4 is 20.9 Å². The van der Waals surface area contributed by atoms with Crippen molar-refractivity contribution in [3.05, 3.63) is 138 Å². The minimum absolute atomic E-state index is 0.0990. The zero-order chi connectivity index (χ0) is 29.6. The average Bonchev–Trinajstić information content (AvgIpc) is 3.04. The number of benzene rings is 4. The third-order valence-electron chi connectivity index (χ3n) is 6.76. The highest BCUT2D eigenvalue weighted by Gasteiger charge is 2.38. The molecule has 1 amide bonds. The predicted molar refractivity (Wildman–Crippen MR) is 159 cm³/mol. The Kier molecular flexibility index (Phi) is 11.4. The largest absolute Gasteiger partial charge is 0.660 e. The lowest BCUT2D eigenvalue weighted by Gasteiger charge is -2.20. The Morgan fingerprint density at radius 2 is 1.33 bits per heavy atom. The quantitative estimate of drug-likeness (QED) is 0.116. The molecule has 4 rings (SSSR count). The van der Waals surface area contributed by atoms with Gasteiger partial charge in [-0.15, -0.1) is 0 Å².